The molecule has 5 rings (SSSR count). The third kappa shape index (κ3) is 3.33. The van der Waals surface area contributed by atoms with Crippen molar-refractivity contribution >= 4 is 5.91 Å². The maximum Gasteiger partial charge on any atom is 0.418 e. The van der Waals surface area contributed by atoms with Gasteiger partial charge in [-0.05, 0) is 49.1 Å². The van der Waals surface area contributed by atoms with Crippen LogP contribution < -0.4 is 10.6 Å². The lowest BCUT2D eigenvalue weighted by atomic mass is 9.62. The minimum absolute atomic E-state index is 0.0410. The van der Waals surface area contributed by atoms with Crippen LogP contribution in [0.4, 0.5) is 13.2 Å². The Labute approximate surface area is 195 Å². The molecular formula is C25H24F3N5O. The first-order valence-electron chi connectivity index (χ1n) is 11.1. The van der Waals surface area contributed by atoms with Crippen molar-refractivity contribution < 1.29 is 18.0 Å². The number of pyridine rings is 1. The van der Waals surface area contributed by atoms with Gasteiger partial charge < -0.3 is 10.6 Å². The molecule has 0 saturated carbocycles. The molecule has 4 heterocycles. The van der Waals surface area contributed by atoms with Gasteiger partial charge in [0.15, 0.2) is 6.17 Å². The van der Waals surface area contributed by atoms with Gasteiger partial charge in [-0.3, -0.25) is 9.78 Å². The number of hydrogen-bond donors (Lipinski definition) is 2. The smallest absolute Gasteiger partial charge is 0.362 e. The molecule has 0 spiro atoms. The topological polar surface area (TPSA) is 78.7 Å². The Kier molecular flexibility index (Phi) is 4.93. The number of rotatable bonds is 3. The molecule has 3 aliphatic rings. The van der Waals surface area contributed by atoms with E-state index >= 15 is 0 Å². The number of carbonyl (C=O) groups is 1. The third-order valence-corrected chi connectivity index (χ3v) is 6.83. The molecule has 2 aromatic rings. The first-order valence-corrected chi connectivity index (χ1v) is 11.1. The van der Waals surface area contributed by atoms with E-state index in [1.54, 1.807) is 24.4 Å². The Morgan fingerprint density at radius 3 is 2.74 bits per heavy atom. The summed E-state index contributed by atoms with van der Waals surface area (Å²) in [6, 6.07) is 8.35. The van der Waals surface area contributed by atoms with Crippen molar-refractivity contribution in [2.45, 2.75) is 56.9 Å². The fourth-order valence-electron chi connectivity index (χ4n) is 5.43. The van der Waals surface area contributed by atoms with Crippen LogP contribution in [0.2, 0.25) is 0 Å². The number of amides is 1. The van der Waals surface area contributed by atoms with Crippen LogP contribution in [0.15, 0.2) is 76.0 Å². The van der Waals surface area contributed by atoms with Crippen LogP contribution in [0.1, 0.15) is 44.7 Å². The minimum atomic E-state index is -4.54. The van der Waals surface area contributed by atoms with Gasteiger partial charge in [0.2, 0.25) is 0 Å². The highest BCUT2D eigenvalue weighted by Gasteiger charge is 2.53. The van der Waals surface area contributed by atoms with Gasteiger partial charge in [0.1, 0.15) is 0 Å². The molecule has 1 amide bonds. The maximum absolute atomic E-state index is 13.7. The standard InChI is InChI=1S/C25H24F3N5O/c1-4-24(15-7-5-6-14(10-15)16-8-9-29-12-17(16)25(26,27)28)18-13-30-33-21(18)31-19-11-23(2,3)32-22(34)20(19)24/h5-10,12-13,21,31H,4,11H2,1-3H3,(H,32,34)/t21?,24-/m1/s1. The zero-order valence-electron chi connectivity index (χ0n) is 19.0. The van der Waals surface area contributed by atoms with Crippen LogP contribution >= 0.6 is 0 Å². The number of fused-ring (bicyclic) bond motifs is 1. The predicted octanol–water partition coefficient (Wildman–Crippen LogP) is 5.25. The Balaban J connectivity index is 1.74. The summed E-state index contributed by atoms with van der Waals surface area (Å²) < 4.78 is 41.1. The quantitative estimate of drug-likeness (QED) is 0.648. The second-order valence-electron chi connectivity index (χ2n) is 9.49. The molecule has 1 aromatic carbocycles. The molecule has 3 aliphatic heterocycles. The van der Waals surface area contributed by atoms with Crippen LogP contribution in [0, 0.1) is 0 Å². The lowest BCUT2D eigenvalue weighted by Gasteiger charge is -2.48. The monoisotopic (exact) mass is 467 g/mol. The van der Waals surface area contributed by atoms with Crippen LogP contribution in [-0.2, 0) is 16.4 Å². The highest BCUT2D eigenvalue weighted by Crippen LogP contribution is 2.51. The Morgan fingerprint density at radius 1 is 1.21 bits per heavy atom. The van der Waals surface area contributed by atoms with Crippen LogP contribution in [0.3, 0.4) is 0 Å². The first kappa shape index (κ1) is 22.3. The average Bonchev–Trinajstić information content (AvgIpc) is 3.25. The molecule has 6 nitrogen and oxygen atoms in total. The van der Waals surface area contributed by atoms with Crippen molar-refractivity contribution in [1.82, 2.24) is 15.6 Å². The summed E-state index contributed by atoms with van der Waals surface area (Å²) in [7, 11) is 0. The van der Waals surface area contributed by atoms with E-state index in [1.165, 1.54) is 12.3 Å². The fourth-order valence-corrected chi connectivity index (χ4v) is 5.43. The Morgan fingerprint density at radius 2 is 2.00 bits per heavy atom. The van der Waals surface area contributed by atoms with Crippen molar-refractivity contribution in [2.75, 3.05) is 0 Å². The van der Waals surface area contributed by atoms with Crippen molar-refractivity contribution in [3.63, 3.8) is 0 Å². The van der Waals surface area contributed by atoms with Gasteiger partial charge in [0.05, 0.1) is 22.8 Å². The molecule has 2 N–H and O–H groups in total. The highest BCUT2D eigenvalue weighted by molar-refractivity contribution is 6.00. The van der Waals surface area contributed by atoms with Gasteiger partial charge >= 0.3 is 6.18 Å². The van der Waals surface area contributed by atoms with Gasteiger partial charge in [-0.2, -0.15) is 23.4 Å². The zero-order valence-corrected chi connectivity index (χ0v) is 19.0. The van der Waals surface area contributed by atoms with Gasteiger partial charge in [0.25, 0.3) is 5.91 Å². The van der Waals surface area contributed by atoms with Crippen molar-refractivity contribution in [3.8, 4) is 11.1 Å². The second-order valence-corrected chi connectivity index (χ2v) is 9.49. The molecule has 0 saturated heterocycles. The van der Waals surface area contributed by atoms with Crippen molar-refractivity contribution in [3.05, 3.63) is 76.9 Å². The lowest BCUT2D eigenvalue weighted by Crippen LogP contribution is -2.58. The summed E-state index contributed by atoms with van der Waals surface area (Å²) in [6.45, 7) is 5.88. The number of carbonyl (C=O) groups excluding carboxylic acids is 1. The van der Waals surface area contributed by atoms with E-state index in [9.17, 15) is 18.0 Å². The normalized spacial score (nSPS) is 25.3. The second kappa shape index (κ2) is 7.51. The molecule has 1 aromatic heterocycles. The lowest BCUT2D eigenvalue weighted by molar-refractivity contribution is -0.137. The summed E-state index contributed by atoms with van der Waals surface area (Å²) in [4.78, 5) is 17.1. The van der Waals surface area contributed by atoms with E-state index in [4.69, 9.17) is 0 Å². The summed E-state index contributed by atoms with van der Waals surface area (Å²) in [5.41, 5.74) is 1.23. The number of aromatic nitrogens is 1. The SMILES string of the molecule is CC[C@@]1(c2cccc(-c3ccncc3C(F)(F)F)c2)C2=CN=NC2NC2=C1C(=O)NC(C)(C)C2. The predicted molar refractivity (Wildman–Crippen MR) is 120 cm³/mol. The average molecular weight is 467 g/mol. The molecule has 2 atom stereocenters. The number of azo groups is 1. The van der Waals surface area contributed by atoms with E-state index in [2.05, 4.69) is 25.8 Å². The molecule has 9 heteroatoms. The summed E-state index contributed by atoms with van der Waals surface area (Å²) >= 11 is 0. The largest absolute Gasteiger partial charge is 0.418 e. The number of halogens is 3. The summed E-state index contributed by atoms with van der Waals surface area (Å²) in [6.07, 6.45) is -0.0148. The van der Waals surface area contributed by atoms with Gasteiger partial charge in [-0.15, -0.1) is 0 Å². The van der Waals surface area contributed by atoms with E-state index in [0.29, 0.717) is 24.0 Å². The molecule has 176 valence electrons. The molecule has 1 unspecified atom stereocenters. The zero-order chi connectivity index (χ0) is 24.3. The molecule has 34 heavy (non-hydrogen) atoms. The van der Waals surface area contributed by atoms with Crippen LogP contribution in [0.25, 0.3) is 11.1 Å². The van der Waals surface area contributed by atoms with Crippen LogP contribution in [0.5, 0.6) is 0 Å². The summed E-state index contributed by atoms with van der Waals surface area (Å²) in [5, 5.41) is 14.9. The first-order chi connectivity index (χ1) is 16.1. The molecule has 0 fully saturated rings. The number of hydrogen-bond acceptors (Lipinski definition) is 5. The van der Waals surface area contributed by atoms with E-state index in [1.807, 2.05) is 26.8 Å². The van der Waals surface area contributed by atoms with Gasteiger partial charge in [-0.25, -0.2) is 0 Å². The Bertz CT molecular complexity index is 1280. The minimum Gasteiger partial charge on any atom is -0.362 e. The molecule has 0 aliphatic carbocycles. The van der Waals surface area contributed by atoms with E-state index in [0.717, 1.165) is 23.0 Å². The number of nitrogens with zero attached hydrogens (tertiary/aromatic N) is 3. The maximum atomic E-state index is 13.7. The van der Waals surface area contributed by atoms with E-state index in [-0.39, 0.29) is 11.5 Å². The fraction of sp³-hybridized carbons (Fsp3) is 0.360. The highest BCUT2D eigenvalue weighted by atomic mass is 19.4. The summed E-state index contributed by atoms with van der Waals surface area (Å²) in [5.74, 6) is -0.197. The molecule has 0 bridgehead atoms. The van der Waals surface area contributed by atoms with Crippen molar-refractivity contribution in [2.24, 2.45) is 10.2 Å². The number of alkyl halides is 3. The third-order valence-electron chi connectivity index (χ3n) is 6.83. The van der Waals surface area contributed by atoms with Gasteiger partial charge in [-0.1, -0.05) is 25.1 Å². The van der Waals surface area contributed by atoms with Crippen molar-refractivity contribution in [1.29, 1.82) is 0 Å². The number of nitrogens with one attached hydrogen (secondary N) is 2. The molecule has 0 radical (unpaired) electrons. The molecular weight excluding hydrogens is 443 g/mol. The van der Waals surface area contributed by atoms with Gasteiger partial charge in [0, 0.05) is 35.6 Å². The number of benzene rings is 1. The van der Waals surface area contributed by atoms with Crippen LogP contribution in [-0.4, -0.2) is 22.6 Å². The Hall–Kier alpha value is -3.49. The van der Waals surface area contributed by atoms with E-state index < -0.39 is 28.9 Å².